The molecule has 220 valence electrons. The Hall–Kier alpha value is -3.47. The molecule has 2 atom stereocenters. The third-order valence-corrected chi connectivity index (χ3v) is 9.13. The average molecular weight is 591 g/mol. The molecule has 0 bridgehead atoms. The summed E-state index contributed by atoms with van der Waals surface area (Å²) in [5, 5.41) is 4.71. The molecule has 1 aromatic heterocycles. The van der Waals surface area contributed by atoms with E-state index in [1.54, 1.807) is 39.0 Å². The van der Waals surface area contributed by atoms with Gasteiger partial charge in [-0.15, -0.1) is 0 Å². The average Bonchev–Trinajstić information content (AvgIpc) is 3.50. The zero-order valence-electron chi connectivity index (χ0n) is 23.1. The van der Waals surface area contributed by atoms with Crippen LogP contribution in [0.25, 0.3) is 10.9 Å². The number of rotatable bonds is 12. The lowest BCUT2D eigenvalue weighted by atomic mass is 10.00. The fourth-order valence-electron chi connectivity index (χ4n) is 5.07. The van der Waals surface area contributed by atoms with Crippen LogP contribution >= 0.6 is 7.60 Å². The van der Waals surface area contributed by atoms with Gasteiger partial charge in [0.25, 0.3) is 5.91 Å². The third-order valence-electron chi connectivity index (χ3n) is 7.02. The first-order valence-electron chi connectivity index (χ1n) is 13.4. The maximum atomic E-state index is 14.5. The number of nitrogens with zero attached hydrogens (tertiary/aromatic N) is 3. The summed E-state index contributed by atoms with van der Waals surface area (Å²) in [6.45, 7) is 4.47. The van der Waals surface area contributed by atoms with Crippen molar-refractivity contribution in [2.24, 2.45) is 5.73 Å². The van der Waals surface area contributed by atoms with Gasteiger partial charge in [0.05, 0.1) is 36.6 Å². The molecule has 10 nitrogen and oxygen atoms in total. The van der Waals surface area contributed by atoms with E-state index < -0.39 is 44.0 Å². The van der Waals surface area contributed by atoms with E-state index in [1.165, 1.54) is 22.9 Å². The molecule has 1 saturated heterocycles. The molecule has 1 aliphatic rings. The summed E-state index contributed by atoms with van der Waals surface area (Å²) in [5.41, 5.74) is 6.50. The molecule has 1 fully saturated rings. The topological polar surface area (TPSA) is 134 Å². The Labute approximate surface area is 236 Å². The lowest BCUT2D eigenvalue weighted by Gasteiger charge is -2.23. The zero-order chi connectivity index (χ0) is 29.9. The molecule has 0 aliphatic carbocycles. The number of amides is 2. The maximum Gasteiger partial charge on any atom is 0.361 e. The number of aryl methyl sites for hydroxylation is 2. The van der Waals surface area contributed by atoms with Crippen molar-refractivity contribution in [3.63, 3.8) is 0 Å². The molecule has 0 radical (unpaired) electrons. The molecule has 2 amide bonds. The van der Waals surface area contributed by atoms with Crippen molar-refractivity contribution in [1.29, 1.82) is 0 Å². The van der Waals surface area contributed by atoms with Gasteiger partial charge < -0.3 is 19.7 Å². The van der Waals surface area contributed by atoms with Crippen LogP contribution in [0.1, 0.15) is 48.3 Å². The van der Waals surface area contributed by atoms with Gasteiger partial charge >= 0.3 is 7.60 Å². The number of Topliss-reactive ketones (excluding diaryl/α,β-unsaturated/α-hetero) is 1. The fraction of sp³-hybridized carbons (Fsp3) is 0.429. The van der Waals surface area contributed by atoms with Crippen molar-refractivity contribution in [2.75, 3.05) is 19.8 Å². The van der Waals surface area contributed by atoms with E-state index in [-0.39, 0.29) is 61.3 Å². The molecule has 13 heteroatoms. The van der Waals surface area contributed by atoms with Gasteiger partial charge in [-0.1, -0.05) is 18.2 Å². The van der Waals surface area contributed by atoms with E-state index in [4.69, 9.17) is 14.8 Å². The second kappa shape index (κ2) is 12.6. The van der Waals surface area contributed by atoms with Crippen molar-refractivity contribution in [3.8, 4) is 0 Å². The Bertz CT molecular complexity index is 1520. The minimum atomic E-state index is -3.71. The van der Waals surface area contributed by atoms with Crippen LogP contribution in [0.3, 0.4) is 0 Å². The lowest BCUT2D eigenvalue weighted by Crippen LogP contribution is -2.42. The first kappa shape index (κ1) is 30.5. The highest BCUT2D eigenvalue weighted by atomic mass is 31.2. The van der Waals surface area contributed by atoms with Gasteiger partial charge in [0, 0.05) is 18.2 Å². The second-order valence-corrected chi connectivity index (χ2v) is 11.8. The van der Waals surface area contributed by atoms with E-state index >= 15 is 0 Å². The summed E-state index contributed by atoms with van der Waals surface area (Å²) < 4.78 is 54.3. The summed E-state index contributed by atoms with van der Waals surface area (Å²) >= 11 is 0. The number of primary amides is 1. The normalized spacial score (nSPS) is 17.3. The van der Waals surface area contributed by atoms with Crippen molar-refractivity contribution in [2.45, 2.75) is 58.8 Å². The molecule has 2 aromatic carbocycles. The van der Waals surface area contributed by atoms with Crippen LogP contribution in [0.4, 0.5) is 8.78 Å². The largest absolute Gasteiger partial charge is 0.364 e. The first-order chi connectivity index (χ1) is 19.5. The molecule has 0 spiro atoms. The molecule has 2 N–H and O–H groups in total. The smallest absolute Gasteiger partial charge is 0.361 e. The van der Waals surface area contributed by atoms with Gasteiger partial charge in [0.15, 0.2) is 11.5 Å². The van der Waals surface area contributed by atoms with Gasteiger partial charge in [0.1, 0.15) is 18.5 Å². The highest BCUT2D eigenvalue weighted by Gasteiger charge is 2.39. The number of carbonyl (C=O) groups is 3. The van der Waals surface area contributed by atoms with Crippen LogP contribution in [-0.2, 0) is 36.2 Å². The van der Waals surface area contributed by atoms with E-state index in [0.29, 0.717) is 16.5 Å². The summed E-state index contributed by atoms with van der Waals surface area (Å²) in [7, 11) is -3.71. The van der Waals surface area contributed by atoms with Crippen LogP contribution in [0.5, 0.6) is 0 Å². The number of benzene rings is 2. The molecule has 41 heavy (non-hydrogen) atoms. The third kappa shape index (κ3) is 6.39. The number of carbonyl (C=O) groups excluding carboxylic acids is 3. The van der Waals surface area contributed by atoms with Crippen molar-refractivity contribution in [3.05, 3.63) is 59.0 Å². The summed E-state index contributed by atoms with van der Waals surface area (Å²) in [6.07, 6.45) is -1.51. The fourth-order valence-corrected chi connectivity index (χ4v) is 6.66. The quantitative estimate of drug-likeness (QED) is 0.319. The number of aromatic nitrogens is 2. The highest BCUT2D eigenvalue weighted by Crippen LogP contribution is 2.47. The van der Waals surface area contributed by atoms with Gasteiger partial charge in [-0.3, -0.25) is 23.6 Å². The second-order valence-electron chi connectivity index (χ2n) is 9.81. The molecular formula is C28H33F2N4O6P. The number of ketones is 1. The van der Waals surface area contributed by atoms with Crippen LogP contribution in [0, 0.1) is 12.7 Å². The Balaban J connectivity index is 1.60. The van der Waals surface area contributed by atoms with Crippen LogP contribution in [0.15, 0.2) is 36.4 Å². The van der Waals surface area contributed by atoms with E-state index in [2.05, 4.69) is 5.10 Å². The Kier molecular flexibility index (Phi) is 9.36. The summed E-state index contributed by atoms with van der Waals surface area (Å²) in [4.78, 5) is 39.8. The Morgan fingerprint density at radius 1 is 1.15 bits per heavy atom. The minimum absolute atomic E-state index is 0.0639. The first-order valence-corrected chi connectivity index (χ1v) is 14.9. The molecular weight excluding hydrogens is 557 g/mol. The summed E-state index contributed by atoms with van der Waals surface area (Å²) in [6, 6.07) is 8.33. The number of hydrogen-bond acceptors (Lipinski definition) is 7. The number of alkyl halides is 1. The number of likely N-dealkylation sites (tertiary alicyclic amines) is 1. The van der Waals surface area contributed by atoms with Crippen LogP contribution in [0.2, 0.25) is 0 Å². The SMILES string of the molecule is CCOP(=O)(OCC)c1ccc2c(C(N)=O)nn(CC(=O)N3C[C@H](F)C[C@H]3C(=O)CCc3cccc(C)c3F)c2c1. The number of nitrogens with two attached hydrogens (primary N) is 1. The van der Waals surface area contributed by atoms with E-state index in [1.807, 2.05) is 0 Å². The molecule has 3 aromatic rings. The molecule has 2 heterocycles. The number of hydrogen-bond donors (Lipinski definition) is 1. The van der Waals surface area contributed by atoms with Gasteiger partial charge in [0.2, 0.25) is 5.91 Å². The van der Waals surface area contributed by atoms with E-state index in [0.717, 1.165) is 4.90 Å². The summed E-state index contributed by atoms with van der Waals surface area (Å²) in [5.74, 6) is -2.21. The lowest BCUT2D eigenvalue weighted by molar-refractivity contribution is -0.138. The van der Waals surface area contributed by atoms with Crippen molar-refractivity contribution < 1.29 is 36.8 Å². The zero-order valence-corrected chi connectivity index (χ0v) is 24.0. The number of fused-ring (bicyclic) bond motifs is 1. The molecule has 4 rings (SSSR count). The monoisotopic (exact) mass is 590 g/mol. The van der Waals surface area contributed by atoms with Gasteiger partial charge in [-0.05, 0) is 56.5 Å². The van der Waals surface area contributed by atoms with Gasteiger partial charge in [-0.25, -0.2) is 8.78 Å². The molecule has 1 aliphatic heterocycles. The van der Waals surface area contributed by atoms with Gasteiger partial charge in [-0.2, -0.15) is 5.10 Å². The minimum Gasteiger partial charge on any atom is -0.364 e. The number of halogens is 2. The van der Waals surface area contributed by atoms with Crippen molar-refractivity contribution in [1.82, 2.24) is 14.7 Å². The van der Waals surface area contributed by atoms with Crippen LogP contribution < -0.4 is 11.0 Å². The molecule has 0 saturated carbocycles. The molecule has 0 unspecified atom stereocenters. The van der Waals surface area contributed by atoms with Crippen LogP contribution in [-0.4, -0.2) is 64.3 Å². The maximum absolute atomic E-state index is 14.5. The predicted molar refractivity (Wildman–Crippen MR) is 148 cm³/mol. The highest BCUT2D eigenvalue weighted by molar-refractivity contribution is 7.62. The predicted octanol–water partition coefficient (Wildman–Crippen LogP) is 3.62. The van der Waals surface area contributed by atoms with Crippen molar-refractivity contribution >= 4 is 41.4 Å². The Morgan fingerprint density at radius 2 is 1.85 bits per heavy atom. The van der Waals surface area contributed by atoms with E-state index in [9.17, 15) is 27.7 Å². The standard InChI is InChI=1S/C28H33F2N4O6P/c1-4-39-41(38,40-5-2)20-10-11-21-22(14-20)34(32-27(21)28(31)37)16-25(36)33-15-19(29)13-23(33)24(35)12-9-18-8-6-7-17(3)26(18)30/h6-8,10-11,14,19,23H,4-5,9,12-13,15-16H2,1-3H3,(H2,31,37)/t19-,23+/m1/s1. The Morgan fingerprint density at radius 3 is 2.51 bits per heavy atom.